The van der Waals surface area contributed by atoms with Gasteiger partial charge in [0.05, 0.1) is 25.5 Å². The van der Waals surface area contributed by atoms with Gasteiger partial charge in [0.25, 0.3) is 0 Å². The van der Waals surface area contributed by atoms with Crippen LogP contribution in [-0.2, 0) is 11.3 Å². The van der Waals surface area contributed by atoms with E-state index in [1.165, 1.54) is 18.1 Å². The molecule has 2 rings (SSSR count). The molecule has 4 N–H and O–H groups in total. The van der Waals surface area contributed by atoms with Gasteiger partial charge < -0.3 is 16.2 Å². The summed E-state index contributed by atoms with van der Waals surface area (Å²) in [6, 6.07) is 0. The van der Waals surface area contributed by atoms with E-state index >= 15 is 0 Å². The average Bonchev–Trinajstić information content (AvgIpc) is 2.70. The van der Waals surface area contributed by atoms with Gasteiger partial charge in [0.1, 0.15) is 0 Å². The minimum Gasteiger partial charge on any atom is -0.464 e. The fraction of sp³-hybridized carbons (Fsp3) is 0.667. The van der Waals surface area contributed by atoms with E-state index < -0.39 is 11.6 Å². The molecule has 8 heteroatoms. The largest absolute Gasteiger partial charge is 0.464 e. The zero-order chi connectivity index (χ0) is 12.5. The maximum absolute atomic E-state index is 11.1. The molecular weight excluding hydrogens is 224 g/mol. The van der Waals surface area contributed by atoms with Crippen molar-refractivity contribution in [2.24, 2.45) is 11.5 Å². The second-order valence-corrected chi connectivity index (χ2v) is 4.26. The molecule has 0 aliphatic carbocycles. The standard InChI is InChI=1S/C9H16N6O2/c1-17-8(16)7-4-12-15(13-7)3-2-14-5-9(10,11)6-14/h4H,2-3,5-6,10-11H2,1H3. The highest BCUT2D eigenvalue weighted by Gasteiger charge is 2.34. The Labute approximate surface area is 98.5 Å². The van der Waals surface area contributed by atoms with Gasteiger partial charge in [-0.25, -0.2) is 4.79 Å². The summed E-state index contributed by atoms with van der Waals surface area (Å²) in [5, 5.41) is 7.96. The number of rotatable bonds is 4. The molecule has 0 unspecified atom stereocenters. The molecule has 0 atom stereocenters. The van der Waals surface area contributed by atoms with Crippen LogP contribution >= 0.6 is 0 Å². The summed E-state index contributed by atoms with van der Waals surface area (Å²) in [5.74, 6) is -0.483. The second-order valence-electron chi connectivity index (χ2n) is 4.26. The molecule has 1 aliphatic heterocycles. The molecule has 1 aliphatic rings. The van der Waals surface area contributed by atoms with Crippen molar-refractivity contribution >= 4 is 5.97 Å². The number of carbonyl (C=O) groups is 1. The molecule has 1 aromatic rings. The van der Waals surface area contributed by atoms with Gasteiger partial charge in [-0.3, -0.25) is 4.90 Å². The van der Waals surface area contributed by atoms with Gasteiger partial charge >= 0.3 is 5.97 Å². The van der Waals surface area contributed by atoms with Crippen LogP contribution in [0.25, 0.3) is 0 Å². The Morgan fingerprint density at radius 2 is 2.24 bits per heavy atom. The van der Waals surface area contributed by atoms with Gasteiger partial charge in [-0.05, 0) is 0 Å². The summed E-state index contributed by atoms with van der Waals surface area (Å²) in [6.45, 7) is 2.68. The van der Waals surface area contributed by atoms with Crippen LogP contribution in [0.1, 0.15) is 10.5 Å². The maximum Gasteiger partial charge on any atom is 0.360 e. The van der Waals surface area contributed by atoms with Gasteiger partial charge in [-0.15, -0.1) is 5.10 Å². The molecule has 94 valence electrons. The number of methoxy groups -OCH3 is 1. The van der Waals surface area contributed by atoms with Crippen molar-refractivity contribution in [2.45, 2.75) is 12.2 Å². The van der Waals surface area contributed by atoms with Crippen LogP contribution in [0.15, 0.2) is 6.20 Å². The van der Waals surface area contributed by atoms with Crippen molar-refractivity contribution in [1.29, 1.82) is 0 Å². The Morgan fingerprint density at radius 3 is 2.82 bits per heavy atom. The summed E-state index contributed by atoms with van der Waals surface area (Å²) < 4.78 is 4.54. The molecule has 0 aromatic carbocycles. The minimum absolute atomic E-state index is 0.211. The fourth-order valence-corrected chi connectivity index (χ4v) is 1.78. The first kappa shape index (κ1) is 12.0. The van der Waals surface area contributed by atoms with Crippen molar-refractivity contribution in [3.8, 4) is 0 Å². The Balaban J connectivity index is 1.80. The van der Waals surface area contributed by atoms with Crippen LogP contribution in [0, 0.1) is 0 Å². The first-order valence-corrected chi connectivity index (χ1v) is 5.29. The smallest absolute Gasteiger partial charge is 0.360 e. The molecule has 0 amide bonds. The minimum atomic E-state index is -0.561. The monoisotopic (exact) mass is 240 g/mol. The lowest BCUT2D eigenvalue weighted by atomic mass is 10.0. The Kier molecular flexibility index (Phi) is 3.09. The van der Waals surface area contributed by atoms with Crippen LogP contribution in [0.3, 0.4) is 0 Å². The summed E-state index contributed by atoms with van der Waals surface area (Å²) in [7, 11) is 1.31. The number of aromatic nitrogens is 3. The van der Waals surface area contributed by atoms with Crippen LogP contribution in [0.2, 0.25) is 0 Å². The number of nitrogens with zero attached hydrogens (tertiary/aromatic N) is 4. The van der Waals surface area contributed by atoms with Crippen molar-refractivity contribution in [1.82, 2.24) is 19.9 Å². The number of nitrogens with two attached hydrogens (primary N) is 2. The second kappa shape index (κ2) is 4.40. The van der Waals surface area contributed by atoms with E-state index in [4.69, 9.17) is 11.5 Å². The maximum atomic E-state index is 11.1. The van der Waals surface area contributed by atoms with Crippen molar-refractivity contribution in [3.05, 3.63) is 11.9 Å². The van der Waals surface area contributed by atoms with Gasteiger partial charge in [-0.1, -0.05) is 0 Å². The first-order valence-electron chi connectivity index (χ1n) is 5.29. The first-order chi connectivity index (χ1) is 8.00. The Hall–Kier alpha value is -1.51. The average molecular weight is 240 g/mol. The predicted molar refractivity (Wildman–Crippen MR) is 58.9 cm³/mol. The van der Waals surface area contributed by atoms with E-state index in [9.17, 15) is 4.79 Å². The third-order valence-corrected chi connectivity index (χ3v) is 2.58. The van der Waals surface area contributed by atoms with E-state index in [1.54, 1.807) is 0 Å². The van der Waals surface area contributed by atoms with E-state index in [2.05, 4.69) is 19.8 Å². The summed E-state index contributed by atoms with van der Waals surface area (Å²) in [6.07, 6.45) is 1.39. The number of esters is 1. The van der Waals surface area contributed by atoms with Gasteiger partial charge in [0.2, 0.25) is 0 Å². The highest BCUT2D eigenvalue weighted by Crippen LogP contribution is 2.11. The van der Waals surface area contributed by atoms with Crippen LogP contribution < -0.4 is 11.5 Å². The number of carbonyl (C=O) groups excluding carboxylic acids is 1. The third kappa shape index (κ3) is 2.78. The Bertz CT molecular complexity index is 407. The molecule has 0 saturated carbocycles. The van der Waals surface area contributed by atoms with Crippen molar-refractivity contribution in [2.75, 3.05) is 26.7 Å². The van der Waals surface area contributed by atoms with Crippen LogP contribution in [0.4, 0.5) is 0 Å². The number of ether oxygens (including phenoxy) is 1. The quantitative estimate of drug-likeness (QED) is 0.462. The number of likely N-dealkylation sites (tertiary alicyclic amines) is 1. The van der Waals surface area contributed by atoms with E-state index in [1.807, 2.05) is 0 Å². The number of hydrogen-bond acceptors (Lipinski definition) is 7. The van der Waals surface area contributed by atoms with E-state index in [0.717, 1.165) is 6.54 Å². The van der Waals surface area contributed by atoms with E-state index in [-0.39, 0.29) is 5.69 Å². The molecule has 0 spiro atoms. The van der Waals surface area contributed by atoms with Gasteiger partial charge in [0.15, 0.2) is 5.69 Å². The van der Waals surface area contributed by atoms with Crippen molar-refractivity contribution in [3.63, 3.8) is 0 Å². The summed E-state index contributed by atoms with van der Waals surface area (Å²) in [5.41, 5.74) is 11.0. The molecule has 1 saturated heterocycles. The topological polar surface area (TPSA) is 112 Å². The van der Waals surface area contributed by atoms with Crippen LogP contribution in [-0.4, -0.2) is 58.3 Å². The SMILES string of the molecule is COC(=O)c1cnn(CCN2CC(N)(N)C2)n1. The molecular formula is C9H16N6O2. The highest BCUT2D eigenvalue weighted by molar-refractivity contribution is 5.86. The number of hydrogen-bond donors (Lipinski definition) is 2. The predicted octanol–water partition coefficient (Wildman–Crippen LogP) is -2.01. The summed E-state index contributed by atoms with van der Waals surface area (Å²) in [4.78, 5) is 14.7. The fourth-order valence-electron chi connectivity index (χ4n) is 1.78. The third-order valence-electron chi connectivity index (χ3n) is 2.58. The summed E-state index contributed by atoms with van der Waals surface area (Å²) >= 11 is 0. The normalized spacial score (nSPS) is 18.8. The highest BCUT2D eigenvalue weighted by atomic mass is 16.5. The van der Waals surface area contributed by atoms with Crippen molar-refractivity contribution < 1.29 is 9.53 Å². The van der Waals surface area contributed by atoms with Crippen LogP contribution in [0.5, 0.6) is 0 Å². The van der Waals surface area contributed by atoms with Gasteiger partial charge in [-0.2, -0.15) is 9.90 Å². The molecule has 1 fully saturated rings. The molecule has 0 bridgehead atoms. The van der Waals surface area contributed by atoms with E-state index in [0.29, 0.717) is 19.6 Å². The molecule has 8 nitrogen and oxygen atoms in total. The zero-order valence-electron chi connectivity index (χ0n) is 9.67. The molecule has 2 heterocycles. The zero-order valence-corrected chi connectivity index (χ0v) is 9.67. The molecule has 0 radical (unpaired) electrons. The Morgan fingerprint density at radius 1 is 1.53 bits per heavy atom. The van der Waals surface area contributed by atoms with Gasteiger partial charge in [0, 0.05) is 19.6 Å². The lowest BCUT2D eigenvalue weighted by Gasteiger charge is -2.44. The molecule has 1 aromatic heterocycles. The lowest BCUT2D eigenvalue weighted by Crippen LogP contribution is -2.72. The molecule has 17 heavy (non-hydrogen) atoms. The lowest BCUT2D eigenvalue weighted by molar-refractivity contribution is 0.0591.